The van der Waals surface area contributed by atoms with Crippen LogP contribution in [-0.2, 0) is 6.54 Å². The Labute approximate surface area is 178 Å². The van der Waals surface area contributed by atoms with E-state index in [4.69, 9.17) is 4.52 Å². The van der Waals surface area contributed by atoms with Gasteiger partial charge in [0.1, 0.15) is 23.5 Å². The lowest BCUT2D eigenvalue weighted by atomic mass is 10.2. The molecule has 0 aliphatic rings. The highest BCUT2D eigenvalue weighted by molar-refractivity contribution is 5.63. The van der Waals surface area contributed by atoms with Gasteiger partial charge in [-0.25, -0.2) is 23.3 Å². The van der Waals surface area contributed by atoms with Gasteiger partial charge in [-0.05, 0) is 12.1 Å². The molecule has 0 amide bonds. The second-order valence-corrected chi connectivity index (χ2v) is 6.80. The van der Waals surface area contributed by atoms with Gasteiger partial charge in [0.05, 0.1) is 18.4 Å². The minimum Gasteiger partial charge on any atom is -0.494 e. The van der Waals surface area contributed by atoms with E-state index in [0.717, 1.165) is 10.8 Å². The number of hydrogen-bond donors (Lipinski definition) is 2. The van der Waals surface area contributed by atoms with Crippen molar-refractivity contribution in [3.05, 3.63) is 78.2 Å². The van der Waals surface area contributed by atoms with Crippen LogP contribution in [0, 0.1) is 11.6 Å². The van der Waals surface area contributed by atoms with Crippen LogP contribution in [0.15, 0.2) is 65.5 Å². The standard InChI is InChI=1S/C21H14F2N6O3/c22-13-4-2-1-3-12(13)11-28-17(15-7-8-32-27-15)9-16(26-28)20-24-10-14(23)21(25-20)29-18(30)5-6-19(29)31/h1-10,30-31H,11H2. The van der Waals surface area contributed by atoms with Gasteiger partial charge < -0.3 is 14.7 Å². The summed E-state index contributed by atoms with van der Waals surface area (Å²) in [4.78, 5) is 8.11. The number of hydrogen-bond acceptors (Lipinski definition) is 7. The molecule has 160 valence electrons. The SMILES string of the molecule is Oc1ccc(O)n1-c1nc(-c2cc(-c3ccon3)n(Cc3ccccc3F)n2)ncc1F. The summed E-state index contributed by atoms with van der Waals surface area (Å²) in [6.45, 7) is 0.0854. The molecule has 32 heavy (non-hydrogen) atoms. The summed E-state index contributed by atoms with van der Waals surface area (Å²) in [6.07, 6.45) is 2.29. The molecule has 0 aliphatic carbocycles. The Bertz CT molecular complexity index is 1390. The van der Waals surface area contributed by atoms with Crippen LogP contribution in [0.3, 0.4) is 0 Å². The zero-order chi connectivity index (χ0) is 22.2. The Balaban J connectivity index is 1.62. The van der Waals surface area contributed by atoms with Crippen LogP contribution in [-0.4, -0.2) is 39.7 Å². The van der Waals surface area contributed by atoms with E-state index in [1.54, 1.807) is 30.3 Å². The second kappa shape index (κ2) is 7.61. The molecule has 5 aromatic rings. The molecule has 0 spiro atoms. The van der Waals surface area contributed by atoms with Crippen molar-refractivity contribution in [3.63, 3.8) is 0 Å². The van der Waals surface area contributed by atoms with E-state index in [1.165, 1.54) is 29.1 Å². The minimum absolute atomic E-state index is 0.0194. The molecule has 0 aliphatic heterocycles. The number of halogens is 2. The van der Waals surface area contributed by atoms with Crippen LogP contribution >= 0.6 is 0 Å². The highest BCUT2D eigenvalue weighted by Crippen LogP contribution is 2.29. The smallest absolute Gasteiger partial charge is 0.199 e. The minimum atomic E-state index is -0.863. The van der Waals surface area contributed by atoms with Gasteiger partial charge in [-0.15, -0.1) is 0 Å². The normalized spacial score (nSPS) is 11.2. The van der Waals surface area contributed by atoms with Crippen molar-refractivity contribution < 1.29 is 23.5 Å². The maximum atomic E-state index is 14.4. The van der Waals surface area contributed by atoms with Crippen molar-refractivity contribution in [1.82, 2.24) is 29.5 Å². The van der Waals surface area contributed by atoms with E-state index in [2.05, 4.69) is 20.2 Å². The van der Waals surface area contributed by atoms with Crippen molar-refractivity contribution in [2.24, 2.45) is 0 Å². The fraction of sp³-hybridized carbons (Fsp3) is 0.0476. The van der Waals surface area contributed by atoms with Crippen LogP contribution < -0.4 is 0 Å². The fourth-order valence-corrected chi connectivity index (χ4v) is 3.26. The molecular weight excluding hydrogens is 422 g/mol. The molecule has 0 atom stereocenters. The first-order valence-electron chi connectivity index (χ1n) is 9.36. The van der Waals surface area contributed by atoms with Gasteiger partial charge in [0, 0.05) is 23.8 Å². The predicted octanol–water partition coefficient (Wildman–Crippen LogP) is 3.52. The van der Waals surface area contributed by atoms with E-state index in [-0.39, 0.29) is 23.9 Å². The number of aromatic hydroxyl groups is 2. The monoisotopic (exact) mass is 436 g/mol. The maximum Gasteiger partial charge on any atom is 0.199 e. The van der Waals surface area contributed by atoms with E-state index in [9.17, 15) is 19.0 Å². The summed E-state index contributed by atoms with van der Waals surface area (Å²) < 4.78 is 35.9. The van der Waals surface area contributed by atoms with Crippen LogP contribution in [0.5, 0.6) is 11.8 Å². The third-order valence-electron chi connectivity index (χ3n) is 4.76. The van der Waals surface area contributed by atoms with Gasteiger partial charge in [-0.2, -0.15) is 5.10 Å². The molecular formula is C21H14F2N6O3. The number of nitrogens with zero attached hydrogens (tertiary/aromatic N) is 6. The zero-order valence-electron chi connectivity index (χ0n) is 16.2. The topological polar surface area (TPSA) is 115 Å². The quantitative estimate of drug-likeness (QED) is 0.433. The van der Waals surface area contributed by atoms with Crippen molar-refractivity contribution in [3.8, 4) is 40.5 Å². The van der Waals surface area contributed by atoms with Gasteiger partial charge in [0.2, 0.25) is 0 Å². The molecule has 9 nitrogen and oxygen atoms in total. The number of rotatable bonds is 5. The van der Waals surface area contributed by atoms with Crippen LogP contribution in [0.25, 0.3) is 28.7 Å². The van der Waals surface area contributed by atoms with Gasteiger partial charge >= 0.3 is 0 Å². The lowest BCUT2D eigenvalue weighted by Gasteiger charge is -2.08. The average Bonchev–Trinajstić information content (AvgIpc) is 3.51. The maximum absolute atomic E-state index is 14.4. The average molecular weight is 436 g/mol. The summed E-state index contributed by atoms with van der Waals surface area (Å²) in [7, 11) is 0. The van der Waals surface area contributed by atoms with E-state index in [1.807, 2.05) is 0 Å². The van der Waals surface area contributed by atoms with E-state index >= 15 is 0 Å². The lowest BCUT2D eigenvalue weighted by Crippen LogP contribution is -2.06. The zero-order valence-corrected chi connectivity index (χ0v) is 16.2. The third-order valence-corrected chi connectivity index (χ3v) is 4.76. The Morgan fingerprint density at radius 2 is 1.72 bits per heavy atom. The molecule has 4 heterocycles. The molecule has 0 unspecified atom stereocenters. The highest BCUT2D eigenvalue weighted by Gasteiger charge is 2.20. The Hall–Kier alpha value is -4.54. The molecule has 11 heteroatoms. The summed E-state index contributed by atoms with van der Waals surface area (Å²) >= 11 is 0. The summed E-state index contributed by atoms with van der Waals surface area (Å²) in [5.74, 6) is -2.40. The first-order chi connectivity index (χ1) is 15.5. The molecule has 0 saturated heterocycles. The highest BCUT2D eigenvalue weighted by atomic mass is 19.1. The van der Waals surface area contributed by atoms with Crippen LogP contribution in [0.2, 0.25) is 0 Å². The van der Waals surface area contributed by atoms with Crippen molar-refractivity contribution >= 4 is 0 Å². The van der Waals surface area contributed by atoms with Crippen molar-refractivity contribution in [2.75, 3.05) is 0 Å². The molecule has 0 saturated carbocycles. The van der Waals surface area contributed by atoms with Gasteiger partial charge in [-0.3, -0.25) is 4.68 Å². The molecule has 0 radical (unpaired) electrons. The molecule has 4 aromatic heterocycles. The van der Waals surface area contributed by atoms with Crippen LogP contribution in [0.4, 0.5) is 8.78 Å². The van der Waals surface area contributed by atoms with Gasteiger partial charge in [0.25, 0.3) is 0 Å². The van der Waals surface area contributed by atoms with Gasteiger partial charge in [-0.1, -0.05) is 23.4 Å². The van der Waals surface area contributed by atoms with Crippen molar-refractivity contribution in [2.45, 2.75) is 6.54 Å². The number of benzene rings is 1. The first kappa shape index (κ1) is 19.4. The molecule has 2 N–H and O–H groups in total. The Morgan fingerprint density at radius 1 is 0.938 bits per heavy atom. The Morgan fingerprint density at radius 3 is 2.44 bits per heavy atom. The third kappa shape index (κ3) is 3.35. The lowest BCUT2D eigenvalue weighted by molar-refractivity contribution is 0.396. The predicted molar refractivity (Wildman–Crippen MR) is 107 cm³/mol. The molecule has 5 rings (SSSR count). The summed E-state index contributed by atoms with van der Waals surface area (Å²) in [5.41, 5.74) is 1.59. The van der Waals surface area contributed by atoms with E-state index in [0.29, 0.717) is 17.0 Å². The summed E-state index contributed by atoms with van der Waals surface area (Å²) in [6, 6.07) is 11.9. The molecule has 0 fully saturated rings. The van der Waals surface area contributed by atoms with Crippen molar-refractivity contribution in [1.29, 1.82) is 0 Å². The van der Waals surface area contributed by atoms with E-state index < -0.39 is 23.4 Å². The molecule has 0 bridgehead atoms. The second-order valence-electron chi connectivity index (χ2n) is 6.80. The van der Waals surface area contributed by atoms with Crippen LogP contribution in [0.1, 0.15) is 5.56 Å². The largest absolute Gasteiger partial charge is 0.494 e. The summed E-state index contributed by atoms with van der Waals surface area (Å²) in [5, 5.41) is 28.2. The molecule has 1 aromatic carbocycles. The Kier molecular flexibility index (Phi) is 4.62. The number of aromatic nitrogens is 6. The van der Waals surface area contributed by atoms with Gasteiger partial charge in [0.15, 0.2) is 29.2 Å². The first-order valence-corrected chi connectivity index (χ1v) is 9.36. The fourth-order valence-electron chi connectivity index (χ4n) is 3.26.